The summed E-state index contributed by atoms with van der Waals surface area (Å²) in [6, 6.07) is 11.4. The van der Waals surface area contributed by atoms with Crippen LogP contribution in [0.4, 0.5) is 0 Å². The lowest BCUT2D eigenvalue weighted by atomic mass is 9.74. The van der Waals surface area contributed by atoms with Gasteiger partial charge in [-0.2, -0.15) is 0 Å². The van der Waals surface area contributed by atoms with Crippen LogP contribution < -0.4 is 5.32 Å². The van der Waals surface area contributed by atoms with Crippen molar-refractivity contribution in [1.29, 1.82) is 0 Å². The van der Waals surface area contributed by atoms with Crippen LogP contribution in [-0.2, 0) is 5.54 Å². The second-order valence-electron chi connectivity index (χ2n) is 5.63. The van der Waals surface area contributed by atoms with Crippen LogP contribution in [0.2, 0.25) is 0 Å². The van der Waals surface area contributed by atoms with Crippen molar-refractivity contribution in [3.05, 3.63) is 41.7 Å². The number of fused-ring (bicyclic) bond motifs is 2. The van der Waals surface area contributed by atoms with Gasteiger partial charge in [0.2, 0.25) is 0 Å². The van der Waals surface area contributed by atoms with Gasteiger partial charge in [0.25, 0.3) is 0 Å². The Balaban J connectivity index is 1.82. The lowest BCUT2D eigenvalue weighted by Crippen LogP contribution is -2.49. The summed E-state index contributed by atoms with van der Waals surface area (Å²) in [4.78, 5) is 0. The van der Waals surface area contributed by atoms with Crippen molar-refractivity contribution in [1.82, 2.24) is 25.9 Å². The Morgan fingerprint density at radius 3 is 2.79 bits per heavy atom. The highest BCUT2D eigenvalue weighted by molar-refractivity contribution is 5.32. The smallest absolute Gasteiger partial charge is 0.153 e. The van der Waals surface area contributed by atoms with E-state index in [0.717, 1.165) is 18.7 Å². The highest BCUT2D eigenvalue weighted by atomic mass is 15.5. The monoisotopic (exact) mass is 255 g/mol. The van der Waals surface area contributed by atoms with Gasteiger partial charge in [0.05, 0.1) is 5.54 Å². The summed E-state index contributed by atoms with van der Waals surface area (Å²) in [6.45, 7) is 0. The quantitative estimate of drug-likeness (QED) is 0.857. The average molecular weight is 255 g/mol. The van der Waals surface area contributed by atoms with E-state index in [1.807, 2.05) is 0 Å². The number of piperidine rings is 1. The van der Waals surface area contributed by atoms with Gasteiger partial charge in [-0.25, -0.2) is 5.10 Å². The van der Waals surface area contributed by atoms with Crippen LogP contribution in [0, 0.1) is 0 Å². The molecular formula is C14H17N5. The van der Waals surface area contributed by atoms with E-state index < -0.39 is 0 Å². The Bertz CT molecular complexity index is 552. The van der Waals surface area contributed by atoms with E-state index >= 15 is 0 Å². The van der Waals surface area contributed by atoms with E-state index in [2.05, 4.69) is 56.3 Å². The predicted octanol–water partition coefficient (Wildman–Crippen LogP) is 1.72. The van der Waals surface area contributed by atoms with E-state index in [0.29, 0.717) is 12.0 Å². The number of nitrogens with one attached hydrogen (secondary N) is 2. The second kappa shape index (κ2) is 4.13. The second-order valence-corrected chi connectivity index (χ2v) is 5.63. The topological polar surface area (TPSA) is 66.5 Å². The average Bonchev–Trinajstić information content (AvgIpc) is 3.10. The van der Waals surface area contributed by atoms with Crippen LogP contribution in [0.5, 0.6) is 0 Å². The highest BCUT2D eigenvalue weighted by Crippen LogP contribution is 2.50. The Labute approximate surface area is 111 Å². The third-order valence-electron chi connectivity index (χ3n) is 4.73. The van der Waals surface area contributed by atoms with E-state index in [-0.39, 0.29) is 5.54 Å². The van der Waals surface area contributed by atoms with Gasteiger partial charge in [0, 0.05) is 12.0 Å². The molecule has 1 aromatic heterocycles. The molecule has 2 aromatic rings. The van der Waals surface area contributed by atoms with E-state index in [9.17, 15) is 0 Å². The van der Waals surface area contributed by atoms with Crippen LogP contribution in [0.15, 0.2) is 30.3 Å². The Morgan fingerprint density at radius 1 is 1.11 bits per heavy atom. The predicted molar refractivity (Wildman–Crippen MR) is 70.4 cm³/mol. The number of aromatic nitrogens is 4. The fraction of sp³-hybridized carbons (Fsp3) is 0.500. The van der Waals surface area contributed by atoms with Crippen molar-refractivity contribution in [3.8, 4) is 0 Å². The first-order valence-electron chi connectivity index (χ1n) is 6.95. The molecule has 0 radical (unpaired) electrons. The molecule has 0 amide bonds. The van der Waals surface area contributed by atoms with Gasteiger partial charge in [-0.1, -0.05) is 30.3 Å². The van der Waals surface area contributed by atoms with E-state index in [1.165, 1.54) is 18.4 Å². The molecule has 4 rings (SSSR count). The molecule has 2 saturated heterocycles. The molecule has 2 aliphatic heterocycles. The van der Waals surface area contributed by atoms with Crippen LogP contribution >= 0.6 is 0 Å². The summed E-state index contributed by atoms with van der Waals surface area (Å²) in [6.07, 6.45) is 4.75. The maximum absolute atomic E-state index is 4.17. The number of H-pyrrole nitrogens is 1. The first-order chi connectivity index (χ1) is 9.38. The van der Waals surface area contributed by atoms with Gasteiger partial charge in [0.15, 0.2) is 5.82 Å². The zero-order valence-corrected chi connectivity index (χ0v) is 10.7. The molecule has 0 spiro atoms. The van der Waals surface area contributed by atoms with Crippen LogP contribution in [0.25, 0.3) is 0 Å². The van der Waals surface area contributed by atoms with Crippen molar-refractivity contribution in [2.24, 2.45) is 0 Å². The van der Waals surface area contributed by atoms with Crippen LogP contribution in [0.3, 0.4) is 0 Å². The van der Waals surface area contributed by atoms with Crippen molar-refractivity contribution in [3.63, 3.8) is 0 Å². The maximum Gasteiger partial charge on any atom is 0.153 e. The standard InChI is InChI=1S/C14H17N5/c1-2-4-10(5-3-1)14-9-8-11(15-14)6-7-12(14)13-16-18-19-17-13/h1-5,11-12,15H,6-9H2,(H,16,17,18,19). The van der Waals surface area contributed by atoms with Crippen molar-refractivity contribution in [2.45, 2.75) is 43.2 Å². The zero-order valence-electron chi connectivity index (χ0n) is 10.7. The van der Waals surface area contributed by atoms with E-state index in [4.69, 9.17) is 0 Å². The van der Waals surface area contributed by atoms with Gasteiger partial charge in [0.1, 0.15) is 0 Å². The van der Waals surface area contributed by atoms with Gasteiger partial charge >= 0.3 is 0 Å². The molecule has 2 bridgehead atoms. The summed E-state index contributed by atoms with van der Waals surface area (Å²) in [7, 11) is 0. The SMILES string of the molecule is c1ccc(C23CCC(CCC2c2nnn[nH]2)N3)cc1. The fourth-order valence-electron chi connectivity index (χ4n) is 3.86. The van der Waals surface area contributed by atoms with Crippen LogP contribution in [-0.4, -0.2) is 26.7 Å². The first-order valence-corrected chi connectivity index (χ1v) is 6.95. The number of hydrogen-bond acceptors (Lipinski definition) is 4. The molecule has 19 heavy (non-hydrogen) atoms. The molecular weight excluding hydrogens is 238 g/mol. The summed E-state index contributed by atoms with van der Waals surface area (Å²) >= 11 is 0. The normalized spacial score (nSPS) is 33.5. The van der Waals surface area contributed by atoms with Crippen molar-refractivity contribution in [2.75, 3.05) is 0 Å². The summed E-state index contributed by atoms with van der Waals surface area (Å²) in [5, 5.41) is 18.5. The maximum atomic E-state index is 4.17. The lowest BCUT2D eigenvalue weighted by molar-refractivity contribution is 0.228. The summed E-state index contributed by atoms with van der Waals surface area (Å²) in [5.41, 5.74) is 1.37. The van der Waals surface area contributed by atoms with Gasteiger partial charge < -0.3 is 5.32 Å². The molecule has 3 atom stereocenters. The fourth-order valence-corrected chi connectivity index (χ4v) is 3.86. The first kappa shape index (κ1) is 11.1. The molecule has 2 fully saturated rings. The van der Waals surface area contributed by atoms with Crippen molar-refractivity contribution < 1.29 is 0 Å². The lowest BCUT2D eigenvalue weighted by Gasteiger charge is -2.41. The molecule has 5 heteroatoms. The summed E-state index contributed by atoms with van der Waals surface area (Å²) in [5.74, 6) is 1.25. The number of rotatable bonds is 2. The zero-order chi connectivity index (χ0) is 12.7. The number of tetrazole rings is 1. The molecule has 3 unspecified atom stereocenters. The van der Waals surface area contributed by atoms with E-state index in [1.54, 1.807) is 0 Å². The molecule has 0 aliphatic carbocycles. The Hall–Kier alpha value is -1.75. The van der Waals surface area contributed by atoms with Gasteiger partial charge in [-0.05, 0) is 41.7 Å². The molecule has 0 saturated carbocycles. The number of aromatic amines is 1. The van der Waals surface area contributed by atoms with Gasteiger partial charge in [-0.3, -0.25) is 0 Å². The minimum atomic E-state index is 0.00535. The third kappa shape index (κ3) is 1.61. The summed E-state index contributed by atoms with van der Waals surface area (Å²) < 4.78 is 0. The third-order valence-corrected chi connectivity index (χ3v) is 4.73. The molecule has 98 valence electrons. The molecule has 2 N–H and O–H groups in total. The highest BCUT2D eigenvalue weighted by Gasteiger charge is 2.50. The molecule has 3 heterocycles. The molecule has 5 nitrogen and oxygen atoms in total. The van der Waals surface area contributed by atoms with Crippen LogP contribution in [0.1, 0.15) is 43.0 Å². The number of benzene rings is 1. The minimum Gasteiger partial charge on any atom is -0.304 e. The van der Waals surface area contributed by atoms with Crippen molar-refractivity contribution >= 4 is 0 Å². The Morgan fingerprint density at radius 2 is 2.00 bits per heavy atom. The minimum absolute atomic E-state index is 0.00535. The largest absolute Gasteiger partial charge is 0.304 e. The number of nitrogens with zero attached hydrogens (tertiary/aromatic N) is 3. The molecule has 1 aromatic carbocycles. The Kier molecular flexibility index (Phi) is 2.41. The van der Waals surface area contributed by atoms with Gasteiger partial charge in [-0.15, -0.1) is 5.10 Å². The number of hydrogen-bond donors (Lipinski definition) is 2. The molecule has 2 aliphatic rings.